The third-order valence-corrected chi connectivity index (χ3v) is 4.13. The molecule has 0 aromatic carbocycles. The van der Waals surface area contributed by atoms with E-state index in [0.29, 0.717) is 4.99 Å². The van der Waals surface area contributed by atoms with Crippen LogP contribution in [0.4, 0.5) is 5.82 Å². The lowest BCUT2D eigenvalue weighted by Crippen LogP contribution is -2.53. The molecule has 1 unspecified atom stereocenters. The van der Waals surface area contributed by atoms with Crippen LogP contribution in [0.1, 0.15) is 20.3 Å². The van der Waals surface area contributed by atoms with Gasteiger partial charge in [0, 0.05) is 32.4 Å². The zero-order valence-electron chi connectivity index (χ0n) is 12.8. The monoisotopic (exact) mass is 308 g/mol. The molecule has 0 saturated carbocycles. The van der Waals surface area contributed by atoms with Gasteiger partial charge in [-0.2, -0.15) is 0 Å². The fourth-order valence-corrected chi connectivity index (χ4v) is 2.59. The molecule has 116 valence electrons. The maximum Gasteiger partial charge on any atom is 0.171 e. The van der Waals surface area contributed by atoms with E-state index in [1.165, 1.54) is 0 Å². The number of thiocarbonyl (C=S) groups is 1. The zero-order valence-corrected chi connectivity index (χ0v) is 13.6. The lowest BCUT2D eigenvalue weighted by atomic mass is 10.2. The van der Waals surface area contributed by atoms with Crippen LogP contribution in [-0.2, 0) is 0 Å². The van der Waals surface area contributed by atoms with Crippen LogP contribution in [-0.4, -0.2) is 53.7 Å². The van der Waals surface area contributed by atoms with Crippen molar-refractivity contribution in [2.75, 3.05) is 37.7 Å². The highest BCUT2D eigenvalue weighted by atomic mass is 32.1. The molecule has 1 saturated heterocycles. The molecule has 0 amide bonds. The molecular formula is C15H24N4OS. The van der Waals surface area contributed by atoms with Crippen molar-refractivity contribution in [2.45, 2.75) is 26.3 Å². The van der Waals surface area contributed by atoms with E-state index in [9.17, 15) is 0 Å². The molecule has 1 aliphatic heterocycles. The predicted octanol–water partition coefficient (Wildman–Crippen LogP) is 1.67. The number of hydrogen-bond acceptors (Lipinski definition) is 5. The van der Waals surface area contributed by atoms with E-state index < -0.39 is 0 Å². The highest BCUT2D eigenvalue weighted by Crippen LogP contribution is 2.26. The Kier molecular flexibility index (Phi) is 5.76. The minimum atomic E-state index is 0.154. The first-order chi connectivity index (χ1) is 10.1. The molecule has 1 aromatic heterocycles. The summed E-state index contributed by atoms with van der Waals surface area (Å²) in [6.45, 7) is 8.57. The highest BCUT2D eigenvalue weighted by Gasteiger charge is 2.24. The fourth-order valence-electron chi connectivity index (χ4n) is 2.45. The van der Waals surface area contributed by atoms with E-state index >= 15 is 0 Å². The summed E-state index contributed by atoms with van der Waals surface area (Å²) in [5.41, 5.74) is 5.74. The number of nitrogens with zero attached hydrogens (tertiary/aromatic N) is 3. The molecule has 1 fully saturated rings. The molecule has 0 radical (unpaired) electrons. The molecule has 2 heterocycles. The minimum absolute atomic E-state index is 0.154. The normalized spacial score (nSPS) is 17.5. The first-order valence-electron chi connectivity index (χ1n) is 7.49. The van der Waals surface area contributed by atoms with Crippen molar-refractivity contribution in [3.63, 3.8) is 0 Å². The van der Waals surface area contributed by atoms with Gasteiger partial charge in [0.2, 0.25) is 0 Å². The second-order valence-electron chi connectivity index (χ2n) is 5.27. The first kappa shape index (κ1) is 16.0. The van der Waals surface area contributed by atoms with Crippen molar-refractivity contribution in [3.05, 3.63) is 18.3 Å². The van der Waals surface area contributed by atoms with Gasteiger partial charge in [-0.15, -0.1) is 0 Å². The fraction of sp³-hybridized carbons (Fsp3) is 0.600. The highest BCUT2D eigenvalue weighted by molar-refractivity contribution is 7.80. The Morgan fingerprint density at radius 1 is 1.43 bits per heavy atom. The van der Waals surface area contributed by atoms with Gasteiger partial charge in [0.15, 0.2) is 11.6 Å². The largest absolute Gasteiger partial charge is 0.490 e. The number of rotatable bonds is 6. The van der Waals surface area contributed by atoms with E-state index in [2.05, 4.69) is 28.6 Å². The average molecular weight is 308 g/mol. The van der Waals surface area contributed by atoms with Crippen molar-refractivity contribution in [3.8, 4) is 5.75 Å². The van der Waals surface area contributed by atoms with Gasteiger partial charge in [-0.25, -0.2) is 4.98 Å². The molecule has 0 bridgehead atoms. The van der Waals surface area contributed by atoms with Gasteiger partial charge >= 0.3 is 0 Å². The van der Waals surface area contributed by atoms with Crippen LogP contribution >= 0.6 is 12.2 Å². The standard InChI is InChI=1S/C15H24N4OS/c1-3-11-20-13-5-4-6-17-15(13)19-9-7-18(8-10-19)12(2)14(16)21/h4-6,12H,3,7-11H2,1-2H3,(H2,16,21). The topological polar surface area (TPSA) is 54.6 Å². The van der Waals surface area contributed by atoms with Crippen LogP contribution in [0.5, 0.6) is 5.75 Å². The molecule has 1 aromatic rings. The van der Waals surface area contributed by atoms with Gasteiger partial charge in [0.25, 0.3) is 0 Å². The number of piperazine rings is 1. The zero-order chi connectivity index (χ0) is 15.2. The molecule has 2 N–H and O–H groups in total. The number of pyridine rings is 1. The maximum atomic E-state index is 5.79. The maximum absolute atomic E-state index is 5.79. The van der Waals surface area contributed by atoms with Crippen LogP contribution in [0.15, 0.2) is 18.3 Å². The summed E-state index contributed by atoms with van der Waals surface area (Å²) in [5.74, 6) is 1.81. The van der Waals surface area contributed by atoms with Crippen molar-refractivity contribution >= 4 is 23.0 Å². The van der Waals surface area contributed by atoms with Crippen LogP contribution < -0.4 is 15.4 Å². The Morgan fingerprint density at radius 2 is 2.14 bits per heavy atom. The third kappa shape index (κ3) is 4.04. The van der Waals surface area contributed by atoms with Crippen LogP contribution in [0.2, 0.25) is 0 Å². The Balaban J connectivity index is 2.00. The van der Waals surface area contributed by atoms with E-state index in [-0.39, 0.29) is 6.04 Å². The SMILES string of the molecule is CCCOc1cccnc1N1CCN(C(C)C(N)=S)CC1. The summed E-state index contributed by atoms with van der Waals surface area (Å²) in [7, 11) is 0. The number of aromatic nitrogens is 1. The number of hydrogen-bond donors (Lipinski definition) is 1. The first-order valence-corrected chi connectivity index (χ1v) is 7.90. The average Bonchev–Trinajstić information content (AvgIpc) is 2.52. The smallest absolute Gasteiger partial charge is 0.171 e. The molecule has 21 heavy (non-hydrogen) atoms. The van der Waals surface area contributed by atoms with Gasteiger partial charge in [0.05, 0.1) is 17.6 Å². The van der Waals surface area contributed by atoms with E-state index in [1.54, 1.807) is 0 Å². The molecule has 0 spiro atoms. The molecular weight excluding hydrogens is 284 g/mol. The molecule has 1 atom stereocenters. The van der Waals surface area contributed by atoms with Gasteiger partial charge in [-0.05, 0) is 25.5 Å². The predicted molar refractivity (Wildman–Crippen MR) is 90.1 cm³/mol. The molecule has 2 rings (SSSR count). The Bertz CT molecular complexity index is 474. The Morgan fingerprint density at radius 3 is 2.76 bits per heavy atom. The van der Waals surface area contributed by atoms with E-state index in [1.807, 2.05) is 18.3 Å². The van der Waals surface area contributed by atoms with Crippen molar-refractivity contribution < 1.29 is 4.74 Å². The van der Waals surface area contributed by atoms with Gasteiger partial charge in [0.1, 0.15) is 0 Å². The molecule has 0 aliphatic carbocycles. The van der Waals surface area contributed by atoms with Gasteiger partial charge in [-0.3, -0.25) is 4.90 Å². The molecule has 5 nitrogen and oxygen atoms in total. The van der Waals surface area contributed by atoms with Crippen molar-refractivity contribution in [2.24, 2.45) is 5.73 Å². The third-order valence-electron chi connectivity index (χ3n) is 3.79. The quantitative estimate of drug-likeness (QED) is 0.807. The molecule has 1 aliphatic rings. The number of nitrogens with two attached hydrogens (primary N) is 1. The summed E-state index contributed by atoms with van der Waals surface area (Å²) < 4.78 is 5.79. The Hall–Kier alpha value is -1.40. The van der Waals surface area contributed by atoms with E-state index in [0.717, 1.165) is 50.8 Å². The summed E-state index contributed by atoms with van der Waals surface area (Å²) in [6, 6.07) is 4.06. The second kappa shape index (κ2) is 7.56. The summed E-state index contributed by atoms with van der Waals surface area (Å²) >= 11 is 5.08. The Labute approximate surface area is 132 Å². The van der Waals surface area contributed by atoms with Gasteiger partial charge in [-0.1, -0.05) is 19.1 Å². The summed E-state index contributed by atoms with van der Waals surface area (Å²) in [4.78, 5) is 9.64. The number of anilines is 1. The summed E-state index contributed by atoms with van der Waals surface area (Å²) in [5, 5.41) is 0. The van der Waals surface area contributed by atoms with Crippen LogP contribution in [0, 0.1) is 0 Å². The summed E-state index contributed by atoms with van der Waals surface area (Å²) in [6.07, 6.45) is 2.81. The second-order valence-corrected chi connectivity index (χ2v) is 5.75. The van der Waals surface area contributed by atoms with Crippen LogP contribution in [0.3, 0.4) is 0 Å². The number of ether oxygens (including phenoxy) is 1. The lowest BCUT2D eigenvalue weighted by molar-refractivity contribution is 0.237. The van der Waals surface area contributed by atoms with Crippen molar-refractivity contribution in [1.82, 2.24) is 9.88 Å². The minimum Gasteiger partial charge on any atom is -0.490 e. The van der Waals surface area contributed by atoms with Gasteiger partial charge < -0.3 is 15.4 Å². The van der Waals surface area contributed by atoms with Crippen LogP contribution in [0.25, 0.3) is 0 Å². The van der Waals surface area contributed by atoms with E-state index in [4.69, 9.17) is 22.7 Å². The molecule has 6 heteroatoms. The lowest BCUT2D eigenvalue weighted by Gasteiger charge is -2.38. The van der Waals surface area contributed by atoms with Crippen molar-refractivity contribution in [1.29, 1.82) is 0 Å².